The number of hydrogen-bond donors (Lipinski definition) is 2. The van der Waals surface area contributed by atoms with Crippen LogP contribution in [0.5, 0.6) is 0 Å². The zero-order valence-corrected chi connectivity index (χ0v) is 17.6. The molecule has 1 aliphatic heterocycles. The van der Waals surface area contributed by atoms with E-state index in [-0.39, 0.29) is 30.2 Å². The molecule has 8 heteroatoms. The summed E-state index contributed by atoms with van der Waals surface area (Å²) in [5.41, 5.74) is 6.42. The van der Waals surface area contributed by atoms with Gasteiger partial charge in [-0.05, 0) is 50.3 Å². The van der Waals surface area contributed by atoms with E-state index in [1.54, 1.807) is 29.2 Å². The fraction of sp³-hybridized carbons (Fsp3) is 0.571. The van der Waals surface area contributed by atoms with Crippen LogP contribution in [-0.4, -0.2) is 47.9 Å². The maximum atomic E-state index is 13.0. The molecule has 29 heavy (non-hydrogen) atoms. The Balaban J connectivity index is 0.00000300. The van der Waals surface area contributed by atoms with E-state index in [0.29, 0.717) is 37.1 Å². The van der Waals surface area contributed by atoms with Crippen molar-refractivity contribution in [3.05, 3.63) is 29.8 Å². The first-order chi connectivity index (χ1) is 13.4. The number of anilines is 1. The number of methoxy groups -OCH3 is 1. The molecule has 1 heterocycles. The number of carbonyl (C=O) groups excluding carboxylic acids is 3. The quantitative estimate of drug-likeness (QED) is 0.725. The van der Waals surface area contributed by atoms with Crippen molar-refractivity contribution in [3.63, 3.8) is 0 Å². The number of nitrogens with one attached hydrogen (secondary N) is 1. The van der Waals surface area contributed by atoms with Gasteiger partial charge in [0, 0.05) is 17.8 Å². The number of rotatable bonds is 4. The highest BCUT2D eigenvalue weighted by Gasteiger charge is 2.36. The molecule has 1 saturated carbocycles. The first-order valence-electron chi connectivity index (χ1n) is 10.0. The Morgan fingerprint density at radius 2 is 1.86 bits per heavy atom. The Morgan fingerprint density at radius 3 is 2.55 bits per heavy atom. The summed E-state index contributed by atoms with van der Waals surface area (Å²) in [6, 6.07) is 6.26. The molecule has 1 atom stereocenters. The average Bonchev–Trinajstić information content (AvgIpc) is 2.73. The van der Waals surface area contributed by atoms with E-state index >= 15 is 0 Å². The summed E-state index contributed by atoms with van der Waals surface area (Å²) in [6.45, 7) is 0.515. The van der Waals surface area contributed by atoms with Crippen LogP contribution in [0.4, 0.5) is 5.69 Å². The molecule has 3 N–H and O–H groups in total. The Bertz CT molecular complexity index is 749. The summed E-state index contributed by atoms with van der Waals surface area (Å²) in [5, 5.41) is 2.87. The zero-order valence-electron chi connectivity index (χ0n) is 16.8. The number of likely N-dealkylation sites (tertiary alicyclic amines) is 1. The van der Waals surface area contributed by atoms with Crippen LogP contribution in [0.1, 0.15) is 61.7 Å². The molecule has 2 amide bonds. The van der Waals surface area contributed by atoms with Crippen LogP contribution in [0.2, 0.25) is 0 Å². The second kappa shape index (κ2) is 10.1. The van der Waals surface area contributed by atoms with Crippen molar-refractivity contribution >= 4 is 35.9 Å². The average molecular weight is 424 g/mol. The third-order valence-corrected chi connectivity index (χ3v) is 5.80. The van der Waals surface area contributed by atoms with Gasteiger partial charge in [-0.15, -0.1) is 12.4 Å². The monoisotopic (exact) mass is 423 g/mol. The summed E-state index contributed by atoms with van der Waals surface area (Å²) in [6.07, 6.45) is 6.69. The van der Waals surface area contributed by atoms with Crippen molar-refractivity contribution in [2.45, 2.75) is 62.9 Å². The summed E-state index contributed by atoms with van der Waals surface area (Å²) >= 11 is 0. The van der Waals surface area contributed by atoms with E-state index in [0.717, 1.165) is 32.1 Å². The van der Waals surface area contributed by atoms with Gasteiger partial charge in [0.25, 0.3) is 5.91 Å². The smallest absolute Gasteiger partial charge is 0.328 e. The SMILES string of the molecule is COC(=O)C1CCCCN1C(=O)c1cccc(NC(=O)C2(N)CCCCC2)c1.Cl. The van der Waals surface area contributed by atoms with Crippen molar-refractivity contribution in [1.29, 1.82) is 0 Å². The molecule has 1 aromatic rings. The fourth-order valence-electron chi connectivity index (χ4n) is 4.12. The molecule has 0 aromatic heterocycles. The molecule has 160 valence electrons. The number of hydrogen-bond acceptors (Lipinski definition) is 5. The Morgan fingerprint density at radius 1 is 1.14 bits per heavy atom. The summed E-state index contributed by atoms with van der Waals surface area (Å²) in [5.74, 6) is -0.826. The summed E-state index contributed by atoms with van der Waals surface area (Å²) in [7, 11) is 1.34. The van der Waals surface area contributed by atoms with Crippen molar-refractivity contribution in [2.75, 3.05) is 19.0 Å². The van der Waals surface area contributed by atoms with Crippen LogP contribution >= 0.6 is 12.4 Å². The lowest BCUT2D eigenvalue weighted by atomic mass is 9.82. The number of esters is 1. The lowest BCUT2D eigenvalue weighted by Gasteiger charge is -2.34. The van der Waals surface area contributed by atoms with Gasteiger partial charge in [0.05, 0.1) is 12.6 Å². The maximum absolute atomic E-state index is 13.0. The van der Waals surface area contributed by atoms with Crippen LogP contribution in [-0.2, 0) is 14.3 Å². The number of ether oxygens (including phenoxy) is 1. The predicted octanol–water partition coefficient (Wildman–Crippen LogP) is 2.88. The highest BCUT2D eigenvalue weighted by Crippen LogP contribution is 2.28. The number of benzene rings is 1. The molecular weight excluding hydrogens is 394 g/mol. The van der Waals surface area contributed by atoms with Gasteiger partial charge in [-0.25, -0.2) is 4.79 Å². The lowest BCUT2D eigenvalue weighted by molar-refractivity contribution is -0.147. The normalized spacial score (nSPS) is 20.9. The van der Waals surface area contributed by atoms with E-state index in [4.69, 9.17) is 10.5 Å². The number of carbonyl (C=O) groups is 3. The molecule has 2 aliphatic rings. The number of nitrogens with zero attached hydrogens (tertiary/aromatic N) is 1. The van der Waals surface area contributed by atoms with E-state index in [1.165, 1.54) is 7.11 Å². The molecule has 7 nitrogen and oxygen atoms in total. The zero-order chi connectivity index (χ0) is 20.1. The van der Waals surface area contributed by atoms with Gasteiger partial charge in [-0.2, -0.15) is 0 Å². The van der Waals surface area contributed by atoms with E-state index < -0.39 is 11.6 Å². The minimum atomic E-state index is -0.846. The number of nitrogens with two attached hydrogens (primary N) is 1. The van der Waals surface area contributed by atoms with Crippen LogP contribution in [0.25, 0.3) is 0 Å². The van der Waals surface area contributed by atoms with Gasteiger partial charge >= 0.3 is 5.97 Å². The van der Waals surface area contributed by atoms with Crippen LogP contribution in [0.15, 0.2) is 24.3 Å². The topological polar surface area (TPSA) is 102 Å². The van der Waals surface area contributed by atoms with Crippen LogP contribution in [0.3, 0.4) is 0 Å². The van der Waals surface area contributed by atoms with Crippen LogP contribution < -0.4 is 11.1 Å². The highest BCUT2D eigenvalue weighted by atomic mass is 35.5. The molecular formula is C21H30ClN3O4. The van der Waals surface area contributed by atoms with Crippen molar-refractivity contribution in [1.82, 2.24) is 4.90 Å². The second-order valence-corrected chi connectivity index (χ2v) is 7.79. The minimum absolute atomic E-state index is 0. The molecule has 0 radical (unpaired) electrons. The standard InChI is InChI=1S/C21H29N3O4.ClH/c1-28-19(26)17-10-3-6-13-24(17)18(25)15-8-7-9-16(14-15)23-20(27)21(22)11-4-2-5-12-21;/h7-9,14,17H,2-6,10-13,22H2,1H3,(H,23,27);1H. The van der Waals surface area contributed by atoms with Gasteiger partial charge in [-0.1, -0.05) is 25.3 Å². The van der Waals surface area contributed by atoms with Crippen molar-refractivity contribution in [2.24, 2.45) is 5.73 Å². The molecule has 0 spiro atoms. The Kier molecular flexibility index (Phi) is 8.05. The molecule has 2 fully saturated rings. The van der Waals surface area contributed by atoms with Crippen LogP contribution in [0, 0.1) is 0 Å². The predicted molar refractivity (Wildman–Crippen MR) is 113 cm³/mol. The third kappa shape index (κ3) is 5.28. The Labute approximate surface area is 177 Å². The van der Waals surface area contributed by atoms with Gasteiger partial charge in [0.1, 0.15) is 6.04 Å². The summed E-state index contributed by atoms with van der Waals surface area (Å²) in [4.78, 5) is 39.3. The van der Waals surface area contributed by atoms with Gasteiger partial charge in [0.15, 0.2) is 0 Å². The van der Waals surface area contributed by atoms with E-state index in [9.17, 15) is 14.4 Å². The molecule has 0 bridgehead atoms. The lowest BCUT2D eigenvalue weighted by Crippen LogP contribution is -2.52. The Hall–Kier alpha value is -2.12. The number of piperidine rings is 1. The van der Waals surface area contributed by atoms with E-state index in [1.807, 2.05) is 0 Å². The molecule has 1 unspecified atom stereocenters. The van der Waals surface area contributed by atoms with Crippen molar-refractivity contribution < 1.29 is 19.1 Å². The maximum Gasteiger partial charge on any atom is 0.328 e. The molecule has 1 saturated heterocycles. The van der Waals surface area contributed by atoms with Crippen molar-refractivity contribution in [3.8, 4) is 0 Å². The van der Waals surface area contributed by atoms with Gasteiger partial charge in [0.2, 0.25) is 5.91 Å². The highest BCUT2D eigenvalue weighted by molar-refractivity contribution is 6.01. The first-order valence-corrected chi connectivity index (χ1v) is 10.0. The third-order valence-electron chi connectivity index (χ3n) is 5.80. The fourth-order valence-corrected chi connectivity index (χ4v) is 4.12. The first kappa shape index (κ1) is 23.2. The van der Waals surface area contributed by atoms with E-state index in [2.05, 4.69) is 5.32 Å². The van der Waals surface area contributed by atoms with Gasteiger partial charge < -0.3 is 20.7 Å². The number of halogens is 1. The molecule has 1 aliphatic carbocycles. The number of amides is 2. The second-order valence-electron chi connectivity index (χ2n) is 7.79. The minimum Gasteiger partial charge on any atom is -0.467 e. The molecule has 1 aromatic carbocycles. The van der Waals surface area contributed by atoms with Gasteiger partial charge in [-0.3, -0.25) is 9.59 Å². The molecule has 3 rings (SSSR count). The largest absolute Gasteiger partial charge is 0.467 e. The summed E-state index contributed by atoms with van der Waals surface area (Å²) < 4.78 is 4.86.